The van der Waals surface area contributed by atoms with E-state index >= 15 is 0 Å². The number of benzene rings is 2. The molecule has 2 aliphatic rings. The van der Waals surface area contributed by atoms with Crippen LogP contribution in [0.3, 0.4) is 0 Å². The zero-order valence-corrected chi connectivity index (χ0v) is 16.3. The van der Waals surface area contributed by atoms with Crippen molar-refractivity contribution < 1.29 is 26.8 Å². The first-order valence-electron chi connectivity index (χ1n) is 9.94. The molecule has 1 aromatic heterocycles. The van der Waals surface area contributed by atoms with Gasteiger partial charge in [0.2, 0.25) is 5.92 Å². The SMILES string of the molecule is FC1(F)CCC2(CC1)CC(c1nc3cc(-c4ccccc4C(F)(F)F)ccc3[nH]1)=NO2. The third-order valence-corrected chi connectivity index (χ3v) is 6.03. The second-order valence-corrected chi connectivity index (χ2v) is 8.21. The van der Waals surface area contributed by atoms with Gasteiger partial charge >= 0.3 is 6.18 Å². The summed E-state index contributed by atoms with van der Waals surface area (Å²) in [5.74, 6) is -2.23. The molecule has 1 aliphatic heterocycles. The summed E-state index contributed by atoms with van der Waals surface area (Å²) in [5.41, 5.74) is 0.685. The molecule has 1 fully saturated rings. The Labute approximate surface area is 174 Å². The van der Waals surface area contributed by atoms with E-state index in [0.717, 1.165) is 6.07 Å². The van der Waals surface area contributed by atoms with Crippen LogP contribution in [0.2, 0.25) is 0 Å². The quantitative estimate of drug-likeness (QED) is 0.479. The van der Waals surface area contributed by atoms with Crippen molar-refractivity contribution in [2.45, 2.75) is 49.8 Å². The first-order valence-corrected chi connectivity index (χ1v) is 9.94. The fourth-order valence-electron chi connectivity index (χ4n) is 4.28. The zero-order valence-electron chi connectivity index (χ0n) is 16.3. The largest absolute Gasteiger partial charge is 0.417 e. The molecule has 4 nitrogen and oxygen atoms in total. The molecule has 0 unspecified atom stereocenters. The van der Waals surface area contributed by atoms with Gasteiger partial charge in [0.1, 0.15) is 11.3 Å². The summed E-state index contributed by atoms with van der Waals surface area (Å²) >= 11 is 0. The molecule has 0 amide bonds. The topological polar surface area (TPSA) is 50.3 Å². The lowest BCUT2D eigenvalue weighted by Crippen LogP contribution is -2.38. The number of hydrogen-bond donors (Lipinski definition) is 1. The Morgan fingerprint density at radius 2 is 1.71 bits per heavy atom. The summed E-state index contributed by atoms with van der Waals surface area (Å²) in [7, 11) is 0. The summed E-state index contributed by atoms with van der Waals surface area (Å²) in [5, 5.41) is 4.08. The lowest BCUT2D eigenvalue weighted by Gasteiger charge is -2.34. The summed E-state index contributed by atoms with van der Waals surface area (Å²) in [6, 6.07) is 10.2. The van der Waals surface area contributed by atoms with Crippen LogP contribution in [0.1, 0.15) is 43.5 Å². The zero-order chi connectivity index (χ0) is 21.9. The number of oxime groups is 1. The molecule has 1 N–H and O–H groups in total. The van der Waals surface area contributed by atoms with Gasteiger partial charge in [0.15, 0.2) is 5.82 Å². The van der Waals surface area contributed by atoms with Crippen LogP contribution in [0.15, 0.2) is 47.6 Å². The maximum atomic E-state index is 13.5. The number of halogens is 5. The van der Waals surface area contributed by atoms with Gasteiger partial charge in [-0.3, -0.25) is 0 Å². The van der Waals surface area contributed by atoms with Gasteiger partial charge in [-0.1, -0.05) is 29.4 Å². The molecule has 31 heavy (non-hydrogen) atoms. The normalized spacial score (nSPS) is 20.1. The molecule has 162 valence electrons. The highest BCUT2D eigenvalue weighted by Crippen LogP contribution is 2.45. The molecule has 5 rings (SSSR count). The summed E-state index contributed by atoms with van der Waals surface area (Å²) in [4.78, 5) is 13.1. The highest BCUT2D eigenvalue weighted by Gasteiger charge is 2.48. The number of alkyl halides is 5. The predicted molar refractivity (Wildman–Crippen MR) is 105 cm³/mol. The predicted octanol–water partition coefficient (Wildman–Crippen LogP) is 6.32. The number of hydrogen-bond acceptors (Lipinski definition) is 3. The number of aromatic amines is 1. The Bertz CT molecular complexity index is 1170. The van der Waals surface area contributed by atoms with Crippen LogP contribution < -0.4 is 0 Å². The first kappa shape index (κ1) is 20.0. The molecule has 1 aliphatic carbocycles. The van der Waals surface area contributed by atoms with Crippen LogP contribution in [-0.4, -0.2) is 27.2 Å². The molecule has 0 atom stereocenters. The molecular weight excluding hydrogens is 417 g/mol. The molecule has 2 aromatic carbocycles. The average Bonchev–Trinajstić information content (AvgIpc) is 3.34. The molecule has 0 saturated heterocycles. The number of fused-ring (bicyclic) bond motifs is 1. The van der Waals surface area contributed by atoms with E-state index in [1.165, 1.54) is 12.1 Å². The molecule has 0 radical (unpaired) electrons. The van der Waals surface area contributed by atoms with Crippen LogP contribution >= 0.6 is 0 Å². The lowest BCUT2D eigenvalue weighted by atomic mass is 9.80. The molecular formula is C22H18F5N3O. The van der Waals surface area contributed by atoms with Gasteiger partial charge in [0, 0.05) is 19.3 Å². The minimum Gasteiger partial charge on any atom is -0.388 e. The summed E-state index contributed by atoms with van der Waals surface area (Å²) in [6.45, 7) is 0. The molecule has 9 heteroatoms. The fourth-order valence-corrected chi connectivity index (χ4v) is 4.28. The van der Waals surface area contributed by atoms with Crippen molar-refractivity contribution in [1.82, 2.24) is 9.97 Å². The summed E-state index contributed by atoms with van der Waals surface area (Å²) in [6.07, 6.45) is -4.15. The smallest absolute Gasteiger partial charge is 0.388 e. The van der Waals surface area contributed by atoms with Crippen molar-refractivity contribution in [2.75, 3.05) is 0 Å². The standard InChI is InChI=1S/C22H18F5N3O/c23-21(24)9-7-20(8-10-21)12-18(30-31-20)19-28-16-6-5-13(11-17(16)29-19)14-3-1-2-4-15(14)22(25,26)27/h1-6,11H,7-10,12H2,(H,28,29). The van der Waals surface area contributed by atoms with Crippen LogP contribution in [0, 0.1) is 0 Å². The Hall–Kier alpha value is -2.97. The van der Waals surface area contributed by atoms with E-state index in [4.69, 9.17) is 4.84 Å². The number of imidazole rings is 1. The highest BCUT2D eigenvalue weighted by atomic mass is 19.4. The molecule has 0 bridgehead atoms. The average molecular weight is 435 g/mol. The van der Waals surface area contributed by atoms with Crippen molar-refractivity contribution in [3.63, 3.8) is 0 Å². The van der Waals surface area contributed by atoms with E-state index in [0.29, 0.717) is 34.6 Å². The van der Waals surface area contributed by atoms with Crippen molar-refractivity contribution >= 4 is 16.7 Å². The van der Waals surface area contributed by atoms with Crippen molar-refractivity contribution in [1.29, 1.82) is 0 Å². The van der Waals surface area contributed by atoms with Crippen LogP contribution in [0.4, 0.5) is 22.0 Å². The second kappa shape index (κ2) is 6.77. The van der Waals surface area contributed by atoms with Gasteiger partial charge in [0.05, 0.1) is 16.6 Å². The highest BCUT2D eigenvalue weighted by molar-refractivity contribution is 6.01. The monoisotopic (exact) mass is 435 g/mol. The van der Waals surface area contributed by atoms with Crippen LogP contribution in [0.5, 0.6) is 0 Å². The van der Waals surface area contributed by atoms with E-state index in [1.54, 1.807) is 24.3 Å². The van der Waals surface area contributed by atoms with E-state index in [2.05, 4.69) is 15.1 Å². The Morgan fingerprint density at radius 3 is 2.45 bits per heavy atom. The minimum absolute atomic E-state index is 0.0741. The maximum absolute atomic E-state index is 13.5. The minimum atomic E-state index is -4.47. The van der Waals surface area contributed by atoms with Gasteiger partial charge < -0.3 is 9.82 Å². The van der Waals surface area contributed by atoms with Gasteiger partial charge in [0.25, 0.3) is 0 Å². The van der Waals surface area contributed by atoms with E-state index < -0.39 is 23.3 Å². The second-order valence-electron chi connectivity index (χ2n) is 8.21. The molecule has 3 aromatic rings. The number of nitrogens with one attached hydrogen (secondary N) is 1. The van der Waals surface area contributed by atoms with Gasteiger partial charge in [-0.25, -0.2) is 13.8 Å². The first-order chi connectivity index (χ1) is 14.6. The van der Waals surface area contributed by atoms with Gasteiger partial charge in [-0.15, -0.1) is 0 Å². The number of aromatic nitrogens is 2. The Morgan fingerprint density at radius 1 is 0.968 bits per heavy atom. The Kier molecular flexibility index (Phi) is 4.36. The number of nitrogens with zero attached hydrogens (tertiary/aromatic N) is 2. The Balaban J connectivity index is 1.43. The molecule has 2 heterocycles. The van der Waals surface area contributed by atoms with Gasteiger partial charge in [-0.2, -0.15) is 13.2 Å². The third kappa shape index (κ3) is 3.66. The summed E-state index contributed by atoms with van der Waals surface area (Å²) < 4.78 is 67.1. The third-order valence-electron chi connectivity index (χ3n) is 6.03. The number of rotatable bonds is 2. The van der Waals surface area contributed by atoms with Crippen molar-refractivity contribution in [2.24, 2.45) is 5.16 Å². The maximum Gasteiger partial charge on any atom is 0.417 e. The van der Waals surface area contributed by atoms with Crippen molar-refractivity contribution in [3.8, 4) is 11.1 Å². The van der Waals surface area contributed by atoms with E-state index in [9.17, 15) is 22.0 Å². The van der Waals surface area contributed by atoms with Gasteiger partial charge in [-0.05, 0) is 42.2 Å². The molecule has 1 saturated carbocycles. The van der Waals surface area contributed by atoms with Crippen molar-refractivity contribution in [3.05, 3.63) is 53.9 Å². The van der Waals surface area contributed by atoms with Crippen LogP contribution in [-0.2, 0) is 11.0 Å². The van der Waals surface area contributed by atoms with E-state index in [1.807, 2.05) is 0 Å². The lowest BCUT2D eigenvalue weighted by molar-refractivity contribution is -0.137. The van der Waals surface area contributed by atoms with Crippen LogP contribution in [0.25, 0.3) is 22.2 Å². The molecule has 1 spiro atoms. The number of H-pyrrole nitrogens is 1. The van der Waals surface area contributed by atoms with E-state index in [-0.39, 0.29) is 31.2 Å². The fraction of sp³-hybridized carbons (Fsp3) is 0.364.